The predicted octanol–water partition coefficient (Wildman–Crippen LogP) is 1.35. The van der Waals surface area contributed by atoms with Crippen molar-refractivity contribution in [1.82, 2.24) is 9.88 Å². The Labute approximate surface area is 94.4 Å². The van der Waals surface area contributed by atoms with Crippen molar-refractivity contribution in [3.63, 3.8) is 0 Å². The summed E-state index contributed by atoms with van der Waals surface area (Å²) in [6.07, 6.45) is 1.26. The van der Waals surface area contributed by atoms with Crippen LogP contribution >= 0.6 is 0 Å². The van der Waals surface area contributed by atoms with E-state index in [0.717, 1.165) is 19.6 Å². The SMILES string of the molecule is CCN(C)CCNc1ccc([N+](=O)[O-])cn1. The van der Waals surface area contributed by atoms with Gasteiger partial charge in [0, 0.05) is 19.2 Å². The molecule has 0 aliphatic carbocycles. The Morgan fingerprint density at radius 1 is 1.56 bits per heavy atom. The summed E-state index contributed by atoms with van der Waals surface area (Å²) in [4.78, 5) is 16.1. The number of anilines is 1. The molecule has 0 spiro atoms. The second kappa shape index (κ2) is 6.02. The molecule has 88 valence electrons. The van der Waals surface area contributed by atoms with Crippen molar-refractivity contribution in [3.8, 4) is 0 Å². The molecule has 0 aliphatic heterocycles. The lowest BCUT2D eigenvalue weighted by Gasteiger charge is -2.13. The molecule has 0 amide bonds. The predicted molar refractivity (Wildman–Crippen MR) is 62.6 cm³/mol. The van der Waals surface area contributed by atoms with E-state index in [1.807, 2.05) is 7.05 Å². The zero-order valence-corrected chi connectivity index (χ0v) is 9.51. The standard InChI is InChI=1S/C10H16N4O2/c1-3-13(2)7-6-11-10-5-4-9(8-12-10)14(15)16/h4-5,8H,3,6-7H2,1-2H3,(H,11,12). The lowest BCUT2D eigenvalue weighted by Crippen LogP contribution is -2.24. The molecule has 0 aliphatic rings. The molecule has 0 atom stereocenters. The highest BCUT2D eigenvalue weighted by Gasteiger charge is 2.04. The van der Waals surface area contributed by atoms with E-state index in [0.29, 0.717) is 5.82 Å². The van der Waals surface area contributed by atoms with Crippen molar-refractivity contribution in [2.75, 3.05) is 32.0 Å². The van der Waals surface area contributed by atoms with Crippen LogP contribution in [0.5, 0.6) is 0 Å². The summed E-state index contributed by atoms with van der Waals surface area (Å²) >= 11 is 0. The number of nitro groups is 1. The summed E-state index contributed by atoms with van der Waals surface area (Å²) in [6.45, 7) is 4.77. The van der Waals surface area contributed by atoms with Crippen LogP contribution in [0.3, 0.4) is 0 Å². The van der Waals surface area contributed by atoms with Crippen LogP contribution in [-0.2, 0) is 0 Å². The number of likely N-dealkylation sites (N-methyl/N-ethyl adjacent to an activating group) is 1. The van der Waals surface area contributed by atoms with Gasteiger partial charge in [0.05, 0.1) is 4.92 Å². The molecule has 1 aromatic heterocycles. The van der Waals surface area contributed by atoms with Crippen LogP contribution in [0.4, 0.5) is 11.5 Å². The lowest BCUT2D eigenvalue weighted by molar-refractivity contribution is -0.385. The maximum absolute atomic E-state index is 10.4. The van der Waals surface area contributed by atoms with Crippen molar-refractivity contribution in [1.29, 1.82) is 0 Å². The molecule has 16 heavy (non-hydrogen) atoms. The molecule has 0 bridgehead atoms. The number of rotatable bonds is 6. The fourth-order valence-corrected chi connectivity index (χ4v) is 1.13. The average molecular weight is 224 g/mol. The zero-order chi connectivity index (χ0) is 12.0. The zero-order valence-electron chi connectivity index (χ0n) is 9.51. The lowest BCUT2D eigenvalue weighted by atomic mass is 10.4. The van der Waals surface area contributed by atoms with E-state index in [4.69, 9.17) is 0 Å². The Morgan fingerprint density at radius 2 is 2.31 bits per heavy atom. The Kier molecular flexibility index (Phi) is 4.65. The first-order valence-corrected chi connectivity index (χ1v) is 5.16. The number of aromatic nitrogens is 1. The quantitative estimate of drug-likeness (QED) is 0.583. The number of hydrogen-bond acceptors (Lipinski definition) is 5. The molecule has 0 saturated heterocycles. The molecule has 1 rings (SSSR count). The largest absolute Gasteiger partial charge is 0.369 e. The molecule has 0 aromatic carbocycles. The minimum atomic E-state index is -0.457. The van der Waals surface area contributed by atoms with Crippen molar-refractivity contribution in [3.05, 3.63) is 28.4 Å². The third-order valence-electron chi connectivity index (χ3n) is 2.30. The first-order chi connectivity index (χ1) is 7.63. The van der Waals surface area contributed by atoms with E-state index in [1.54, 1.807) is 6.07 Å². The minimum absolute atomic E-state index is 0.0104. The van der Waals surface area contributed by atoms with Gasteiger partial charge >= 0.3 is 0 Å². The van der Waals surface area contributed by atoms with E-state index in [-0.39, 0.29) is 5.69 Å². The number of nitrogens with one attached hydrogen (secondary N) is 1. The number of nitrogens with zero attached hydrogens (tertiary/aromatic N) is 3. The number of pyridine rings is 1. The molecule has 1 heterocycles. The van der Waals surface area contributed by atoms with Gasteiger partial charge in [0.15, 0.2) is 0 Å². The molecular weight excluding hydrogens is 208 g/mol. The Balaban J connectivity index is 2.40. The summed E-state index contributed by atoms with van der Waals surface area (Å²) in [5, 5.41) is 13.5. The number of hydrogen-bond donors (Lipinski definition) is 1. The minimum Gasteiger partial charge on any atom is -0.369 e. The summed E-state index contributed by atoms with van der Waals surface area (Å²) in [7, 11) is 2.03. The van der Waals surface area contributed by atoms with Gasteiger partial charge in [-0.15, -0.1) is 0 Å². The summed E-state index contributed by atoms with van der Waals surface area (Å²) in [6, 6.07) is 3.06. The third-order valence-corrected chi connectivity index (χ3v) is 2.30. The maximum atomic E-state index is 10.4. The summed E-state index contributed by atoms with van der Waals surface area (Å²) in [5.41, 5.74) is 0.0104. The third kappa shape index (κ3) is 3.82. The van der Waals surface area contributed by atoms with E-state index in [2.05, 4.69) is 22.1 Å². The molecule has 0 saturated carbocycles. The summed E-state index contributed by atoms with van der Waals surface area (Å²) < 4.78 is 0. The molecule has 0 unspecified atom stereocenters. The van der Waals surface area contributed by atoms with Crippen molar-refractivity contribution < 1.29 is 4.92 Å². The fraction of sp³-hybridized carbons (Fsp3) is 0.500. The van der Waals surface area contributed by atoms with Crippen molar-refractivity contribution in [2.45, 2.75) is 6.92 Å². The first kappa shape index (κ1) is 12.4. The topological polar surface area (TPSA) is 71.3 Å². The molecule has 1 aromatic rings. The normalized spacial score (nSPS) is 10.4. The smallest absolute Gasteiger partial charge is 0.287 e. The molecular formula is C10H16N4O2. The molecule has 0 fully saturated rings. The van der Waals surface area contributed by atoms with Crippen molar-refractivity contribution >= 4 is 11.5 Å². The van der Waals surface area contributed by atoms with Gasteiger partial charge in [0.2, 0.25) is 0 Å². The molecule has 6 heteroatoms. The van der Waals surface area contributed by atoms with Crippen LogP contribution in [0.25, 0.3) is 0 Å². The van der Waals surface area contributed by atoms with Crippen LogP contribution in [0, 0.1) is 10.1 Å². The van der Waals surface area contributed by atoms with Crippen LogP contribution in [0.2, 0.25) is 0 Å². The van der Waals surface area contributed by atoms with E-state index < -0.39 is 4.92 Å². The molecule has 1 N–H and O–H groups in total. The van der Waals surface area contributed by atoms with Crippen LogP contribution < -0.4 is 5.32 Å². The van der Waals surface area contributed by atoms with Crippen LogP contribution in [-0.4, -0.2) is 41.5 Å². The first-order valence-electron chi connectivity index (χ1n) is 5.16. The van der Waals surface area contributed by atoms with Gasteiger partial charge in [0.1, 0.15) is 12.0 Å². The van der Waals surface area contributed by atoms with Gasteiger partial charge in [-0.25, -0.2) is 4.98 Å². The van der Waals surface area contributed by atoms with E-state index >= 15 is 0 Å². The van der Waals surface area contributed by atoms with Gasteiger partial charge in [-0.2, -0.15) is 0 Å². The van der Waals surface area contributed by atoms with Gasteiger partial charge in [0.25, 0.3) is 5.69 Å². The highest BCUT2D eigenvalue weighted by molar-refractivity contribution is 5.39. The van der Waals surface area contributed by atoms with E-state index in [1.165, 1.54) is 12.3 Å². The Morgan fingerprint density at radius 3 is 2.81 bits per heavy atom. The Bertz CT molecular complexity index is 339. The average Bonchev–Trinajstić information content (AvgIpc) is 2.29. The second-order valence-corrected chi connectivity index (χ2v) is 3.48. The monoisotopic (exact) mass is 224 g/mol. The van der Waals surface area contributed by atoms with Crippen LogP contribution in [0.1, 0.15) is 6.92 Å². The van der Waals surface area contributed by atoms with Gasteiger partial charge < -0.3 is 10.2 Å². The summed E-state index contributed by atoms with van der Waals surface area (Å²) in [5.74, 6) is 0.662. The highest BCUT2D eigenvalue weighted by Crippen LogP contribution is 2.11. The fourth-order valence-electron chi connectivity index (χ4n) is 1.13. The van der Waals surface area contributed by atoms with Gasteiger partial charge in [-0.1, -0.05) is 6.92 Å². The molecule has 6 nitrogen and oxygen atoms in total. The Hall–Kier alpha value is -1.69. The van der Waals surface area contributed by atoms with Crippen LogP contribution in [0.15, 0.2) is 18.3 Å². The van der Waals surface area contributed by atoms with E-state index in [9.17, 15) is 10.1 Å². The molecule has 0 radical (unpaired) electrons. The second-order valence-electron chi connectivity index (χ2n) is 3.48. The van der Waals surface area contributed by atoms with Gasteiger partial charge in [-0.3, -0.25) is 10.1 Å². The highest BCUT2D eigenvalue weighted by atomic mass is 16.6. The van der Waals surface area contributed by atoms with Gasteiger partial charge in [-0.05, 0) is 19.7 Å². The maximum Gasteiger partial charge on any atom is 0.287 e. The van der Waals surface area contributed by atoms with Crippen molar-refractivity contribution in [2.24, 2.45) is 0 Å².